The van der Waals surface area contributed by atoms with Gasteiger partial charge in [0.2, 0.25) is 0 Å². The predicted molar refractivity (Wildman–Crippen MR) is 115 cm³/mol. The van der Waals surface area contributed by atoms with Crippen molar-refractivity contribution in [1.82, 2.24) is 0 Å². The molecule has 0 aliphatic heterocycles. The Morgan fingerprint density at radius 2 is 1.19 bits per heavy atom. The van der Waals surface area contributed by atoms with Crippen molar-refractivity contribution >= 4 is 0 Å². The molecule has 0 nitrogen and oxygen atoms in total. The van der Waals surface area contributed by atoms with E-state index in [1.54, 1.807) is 0 Å². The zero-order chi connectivity index (χ0) is 19.1. The molecule has 0 spiro atoms. The molecule has 0 aliphatic rings. The Balaban J connectivity index is 1.75. The molecular formula is C27H24. The molecule has 0 aliphatic carbocycles. The van der Waals surface area contributed by atoms with Gasteiger partial charge in [0, 0.05) is 22.3 Å². The first-order valence-electron chi connectivity index (χ1n) is 9.44. The summed E-state index contributed by atoms with van der Waals surface area (Å²) in [7, 11) is 0. The Hall–Kier alpha value is -3.22. The van der Waals surface area contributed by atoms with E-state index in [1.807, 2.05) is 6.07 Å². The van der Waals surface area contributed by atoms with Crippen molar-refractivity contribution in [3.8, 4) is 23.7 Å². The topological polar surface area (TPSA) is 0 Å². The van der Waals surface area contributed by atoms with Gasteiger partial charge in [-0.05, 0) is 73.9 Å². The second kappa shape index (κ2) is 8.93. The van der Waals surface area contributed by atoms with Crippen LogP contribution in [-0.4, -0.2) is 0 Å². The molecule has 3 rings (SSSR count). The quantitative estimate of drug-likeness (QED) is 0.494. The van der Waals surface area contributed by atoms with E-state index >= 15 is 0 Å². The van der Waals surface area contributed by atoms with Crippen LogP contribution in [0.1, 0.15) is 52.3 Å². The van der Waals surface area contributed by atoms with Crippen LogP contribution >= 0.6 is 0 Å². The summed E-state index contributed by atoms with van der Waals surface area (Å²) in [6.45, 7) is 6.37. The average Bonchev–Trinajstić information content (AvgIpc) is 2.68. The van der Waals surface area contributed by atoms with E-state index in [0.717, 1.165) is 34.2 Å². The van der Waals surface area contributed by atoms with Gasteiger partial charge in [-0.15, -0.1) is 0 Å². The van der Waals surface area contributed by atoms with Crippen LogP contribution < -0.4 is 0 Å². The SMILES string of the molecule is CCCc1ccc(C#Cc2ccc(C#Cc3ccc(C)cc3)cc2C)cc1. The fourth-order valence-corrected chi connectivity index (χ4v) is 2.85. The zero-order valence-electron chi connectivity index (χ0n) is 16.3. The molecule has 0 aromatic heterocycles. The smallest absolute Gasteiger partial charge is 0.0279 e. The Bertz CT molecular complexity index is 1030. The maximum atomic E-state index is 3.29. The molecular weight excluding hydrogens is 324 g/mol. The number of aryl methyl sites for hydroxylation is 3. The lowest BCUT2D eigenvalue weighted by molar-refractivity contribution is 0.922. The van der Waals surface area contributed by atoms with Gasteiger partial charge in [-0.1, -0.05) is 66.9 Å². The molecule has 132 valence electrons. The van der Waals surface area contributed by atoms with Gasteiger partial charge in [0.15, 0.2) is 0 Å². The van der Waals surface area contributed by atoms with Crippen molar-refractivity contribution in [3.05, 3.63) is 106 Å². The summed E-state index contributed by atoms with van der Waals surface area (Å²) in [6, 6.07) is 23.1. The summed E-state index contributed by atoms with van der Waals surface area (Å²) in [4.78, 5) is 0. The summed E-state index contributed by atoms with van der Waals surface area (Å²) < 4.78 is 0. The first-order chi connectivity index (χ1) is 13.1. The van der Waals surface area contributed by atoms with E-state index in [0.29, 0.717) is 0 Å². The summed E-state index contributed by atoms with van der Waals surface area (Å²) in [6.07, 6.45) is 2.29. The first kappa shape index (κ1) is 18.6. The van der Waals surface area contributed by atoms with Crippen LogP contribution in [-0.2, 0) is 6.42 Å². The third kappa shape index (κ3) is 5.37. The predicted octanol–water partition coefficient (Wildman–Crippen LogP) is 6.06. The Morgan fingerprint density at radius 3 is 1.81 bits per heavy atom. The number of hydrogen-bond donors (Lipinski definition) is 0. The van der Waals surface area contributed by atoms with E-state index in [9.17, 15) is 0 Å². The lowest BCUT2D eigenvalue weighted by Gasteiger charge is -2.00. The van der Waals surface area contributed by atoms with Crippen LogP contribution in [0.3, 0.4) is 0 Å². The molecule has 0 heterocycles. The van der Waals surface area contributed by atoms with Crippen LogP contribution in [0.4, 0.5) is 0 Å². The number of benzene rings is 3. The number of rotatable bonds is 2. The second-order valence-electron chi connectivity index (χ2n) is 6.84. The third-order valence-electron chi connectivity index (χ3n) is 4.46. The molecule has 0 fully saturated rings. The fourth-order valence-electron chi connectivity index (χ4n) is 2.85. The summed E-state index contributed by atoms with van der Waals surface area (Å²) in [5.74, 6) is 13.0. The molecule has 0 atom stereocenters. The van der Waals surface area contributed by atoms with Gasteiger partial charge < -0.3 is 0 Å². The van der Waals surface area contributed by atoms with Crippen molar-refractivity contribution in [3.63, 3.8) is 0 Å². The molecule has 0 amide bonds. The lowest BCUT2D eigenvalue weighted by atomic mass is 10.0. The molecule has 27 heavy (non-hydrogen) atoms. The second-order valence-corrected chi connectivity index (χ2v) is 6.84. The molecule has 0 bridgehead atoms. The average molecular weight is 348 g/mol. The molecule has 0 saturated carbocycles. The normalized spacial score (nSPS) is 9.74. The lowest BCUT2D eigenvalue weighted by Crippen LogP contribution is -1.86. The zero-order valence-corrected chi connectivity index (χ0v) is 16.3. The molecule has 0 saturated heterocycles. The largest absolute Gasteiger partial charge is 0.0651 e. The molecule has 0 heteroatoms. The fraction of sp³-hybridized carbons (Fsp3) is 0.185. The minimum absolute atomic E-state index is 1.02. The van der Waals surface area contributed by atoms with Crippen LogP contribution in [0.5, 0.6) is 0 Å². The van der Waals surface area contributed by atoms with Gasteiger partial charge in [0.05, 0.1) is 0 Å². The van der Waals surface area contributed by atoms with E-state index in [2.05, 4.69) is 105 Å². The molecule has 0 N–H and O–H groups in total. The maximum absolute atomic E-state index is 3.29. The van der Waals surface area contributed by atoms with E-state index in [1.165, 1.54) is 17.5 Å². The van der Waals surface area contributed by atoms with Crippen molar-refractivity contribution in [2.45, 2.75) is 33.6 Å². The number of hydrogen-bond acceptors (Lipinski definition) is 0. The molecule has 0 unspecified atom stereocenters. The molecule has 0 radical (unpaired) electrons. The Labute approximate surface area is 163 Å². The van der Waals surface area contributed by atoms with Gasteiger partial charge in [-0.25, -0.2) is 0 Å². The van der Waals surface area contributed by atoms with Gasteiger partial charge in [-0.3, -0.25) is 0 Å². The summed E-state index contributed by atoms with van der Waals surface area (Å²) in [5.41, 5.74) is 7.93. The Kier molecular flexibility index (Phi) is 6.14. The van der Waals surface area contributed by atoms with E-state index in [-0.39, 0.29) is 0 Å². The van der Waals surface area contributed by atoms with E-state index < -0.39 is 0 Å². The van der Waals surface area contributed by atoms with Gasteiger partial charge in [-0.2, -0.15) is 0 Å². The van der Waals surface area contributed by atoms with E-state index in [4.69, 9.17) is 0 Å². The summed E-state index contributed by atoms with van der Waals surface area (Å²) >= 11 is 0. The maximum Gasteiger partial charge on any atom is 0.0279 e. The Morgan fingerprint density at radius 1 is 0.630 bits per heavy atom. The highest BCUT2D eigenvalue weighted by Crippen LogP contribution is 2.11. The first-order valence-corrected chi connectivity index (χ1v) is 9.44. The van der Waals surface area contributed by atoms with Crippen LogP contribution in [0.15, 0.2) is 66.7 Å². The minimum atomic E-state index is 1.02. The van der Waals surface area contributed by atoms with Crippen molar-refractivity contribution < 1.29 is 0 Å². The van der Waals surface area contributed by atoms with Crippen LogP contribution in [0, 0.1) is 37.5 Å². The molecule has 3 aromatic rings. The van der Waals surface area contributed by atoms with Crippen molar-refractivity contribution in [1.29, 1.82) is 0 Å². The highest BCUT2D eigenvalue weighted by Gasteiger charge is 1.97. The minimum Gasteiger partial charge on any atom is -0.0651 e. The van der Waals surface area contributed by atoms with Gasteiger partial charge in [0.25, 0.3) is 0 Å². The van der Waals surface area contributed by atoms with Gasteiger partial charge in [0.1, 0.15) is 0 Å². The van der Waals surface area contributed by atoms with Gasteiger partial charge >= 0.3 is 0 Å². The highest BCUT2D eigenvalue weighted by molar-refractivity contribution is 5.51. The van der Waals surface area contributed by atoms with Crippen LogP contribution in [0.25, 0.3) is 0 Å². The standard InChI is InChI=1S/C27H24/c1-4-5-23-10-12-25(13-11-23)16-18-27-19-17-26(20-22(27)3)15-14-24-8-6-21(2)7-9-24/h6-13,17,19-20H,4-5H2,1-3H3. The van der Waals surface area contributed by atoms with Crippen molar-refractivity contribution in [2.24, 2.45) is 0 Å². The summed E-state index contributed by atoms with van der Waals surface area (Å²) in [5, 5.41) is 0. The third-order valence-corrected chi connectivity index (χ3v) is 4.46. The van der Waals surface area contributed by atoms with Crippen LogP contribution in [0.2, 0.25) is 0 Å². The highest BCUT2D eigenvalue weighted by atomic mass is 14.0. The monoisotopic (exact) mass is 348 g/mol. The molecule has 3 aromatic carbocycles. The van der Waals surface area contributed by atoms with Crippen molar-refractivity contribution in [2.75, 3.05) is 0 Å².